The number of para-hydroxylation sites is 1. The lowest BCUT2D eigenvalue weighted by molar-refractivity contribution is -0.141. The Bertz CT molecular complexity index is 500. The van der Waals surface area contributed by atoms with E-state index in [2.05, 4.69) is 5.32 Å². The van der Waals surface area contributed by atoms with Gasteiger partial charge in [0, 0.05) is 6.04 Å². The van der Waals surface area contributed by atoms with Gasteiger partial charge in [0.1, 0.15) is 5.75 Å². The summed E-state index contributed by atoms with van der Waals surface area (Å²) in [6.07, 6.45) is 1.82. The van der Waals surface area contributed by atoms with Crippen molar-refractivity contribution >= 4 is 11.9 Å². The lowest BCUT2D eigenvalue weighted by Crippen LogP contribution is -2.33. The fourth-order valence-corrected chi connectivity index (χ4v) is 2.54. The number of rotatable bonds is 5. The van der Waals surface area contributed by atoms with E-state index in [-0.39, 0.29) is 17.9 Å². The van der Waals surface area contributed by atoms with Gasteiger partial charge in [0.05, 0.1) is 18.1 Å². The van der Waals surface area contributed by atoms with Crippen LogP contribution in [0.3, 0.4) is 0 Å². The quantitative estimate of drug-likeness (QED) is 0.864. The van der Waals surface area contributed by atoms with Crippen molar-refractivity contribution in [3.05, 3.63) is 29.8 Å². The molecule has 0 unspecified atom stereocenters. The molecule has 1 aromatic carbocycles. The Balaban J connectivity index is 2.01. The molecule has 0 aliphatic heterocycles. The average Bonchev–Trinajstić information content (AvgIpc) is 2.88. The highest BCUT2D eigenvalue weighted by Crippen LogP contribution is 2.26. The van der Waals surface area contributed by atoms with Crippen molar-refractivity contribution in [3.63, 3.8) is 0 Å². The smallest absolute Gasteiger partial charge is 0.306 e. The third kappa shape index (κ3) is 3.29. The predicted octanol–water partition coefficient (Wildman–Crippen LogP) is 2.07. The van der Waals surface area contributed by atoms with Crippen molar-refractivity contribution in [3.8, 4) is 5.75 Å². The molecule has 1 saturated carbocycles. The Morgan fingerprint density at radius 3 is 2.75 bits per heavy atom. The molecule has 0 radical (unpaired) electrons. The van der Waals surface area contributed by atoms with Crippen LogP contribution in [0.2, 0.25) is 0 Å². The summed E-state index contributed by atoms with van der Waals surface area (Å²) < 4.78 is 5.43. The lowest BCUT2D eigenvalue weighted by atomic mass is 10.1. The minimum Gasteiger partial charge on any atom is -0.493 e. The molecule has 1 aliphatic rings. The third-order valence-corrected chi connectivity index (χ3v) is 3.55. The van der Waals surface area contributed by atoms with E-state index in [9.17, 15) is 9.59 Å². The zero-order valence-electron chi connectivity index (χ0n) is 11.5. The Morgan fingerprint density at radius 2 is 2.10 bits per heavy atom. The molecule has 0 aromatic heterocycles. The van der Waals surface area contributed by atoms with Gasteiger partial charge in [-0.15, -0.1) is 0 Å². The van der Waals surface area contributed by atoms with Gasteiger partial charge in [-0.25, -0.2) is 0 Å². The van der Waals surface area contributed by atoms with E-state index in [1.807, 2.05) is 13.0 Å². The maximum atomic E-state index is 12.2. The summed E-state index contributed by atoms with van der Waals surface area (Å²) in [4.78, 5) is 23.1. The lowest BCUT2D eigenvalue weighted by Gasteiger charge is -2.14. The second kappa shape index (κ2) is 6.41. The molecule has 20 heavy (non-hydrogen) atoms. The SMILES string of the molecule is CCOc1ccccc1C(=O)N[C@@H]1CC[C@H](C(=O)O)C1. The van der Waals surface area contributed by atoms with Crippen LogP contribution < -0.4 is 10.1 Å². The van der Waals surface area contributed by atoms with Crippen molar-refractivity contribution in [1.82, 2.24) is 5.32 Å². The highest BCUT2D eigenvalue weighted by atomic mass is 16.5. The fraction of sp³-hybridized carbons (Fsp3) is 0.467. The highest BCUT2D eigenvalue weighted by molar-refractivity contribution is 5.97. The molecule has 2 N–H and O–H groups in total. The molecule has 108 valence electrons. The first kappa shape index (κ1) is 14.4. The van der Waals surface area contributed by atoms with Crippen LogP contribution in [0, 0.1) is 5.92 Å². The van der Waals surface area contributed by atoms with Gasteiger partial charge in [0.2, 0.25) is 0 Å². The third-order valence-electron chi connectivity index (χ3n) is 3.55. The summed E-state index contributed by atoms with van der Waals surface area (Å²) in [6.45, 7) is 2.36. The number of carboxylic acids is 1. The molecule has 0 bridgehead atoms. The molecule has 0 saturated heterocycles. The van der Waals surface area contributed by atoms with Crippen molar-refractivity contribution in [1.29, 1.82) is 0 Å². The number of carbonyl (C=O) groups excluding carboxylic acids is 1. The minimum absolute atomic E-state index is 0.0710. The number of carbonyl (C=O) groups is 2. The van der Waals surface area contributed by atoms with Gasteiger partial charge in [-0.3, -0.25) is 9.59 Å². The maximum absolute atomic E-state index is 12.2. The maximum Gasteiger partial charge on any atom is 0.306 e. The average molecular weight is 277 g/mol. The van der Waals surface area contributed by atoms with Crippen LogP contribution in [-0.4, -0.2) is 29.6 Å². The van der Waals surface area contributed by atoms with Crippen molar-refractivity contribution in [2.24, 2.45) is 5.92 Å². The standard InChI is InChI=1S/C15H19NO4/c1-2-20-13-6-4-3-5-12(13)14(17)16-11-8-7-10(9-11)15(18)19/h3-6,10-11H,2,7-9H2,1H3,(H,16,17)(H,18,19)/t10-,11+/m0/s1. The molecule has 1 aliphatic carbocycles. The summed E-state index contributed by atoms with van der Waals surface area (Å²) in [5, 5.41) is 11.9. The summed E-state index contributed by atoms with van der Waals surface area (Å²) in [7, 11) is 0. The molecule has 5 nitrogen and oxygen atoms in total. The first-order chi connectivity index (χ1) is 9.61. The second-order valence-electron chi connectivity index (χ2n) is 4.95. The van der Waals surface area contributed by atoms with E-state index in [1.165, 1.54) is 0 Å². The van der Waals surface area contributed by atoms with Gasteiger partial charge < -0.3 is 15.2 Å². The molecule has 2 rings (SSSR count). The minimum atomic E-state index is -0.781. The van der Waals surface area contributed by atoms with Crippen LogP contribution in [0.15, 0.2) is 24.3 Å². The van der Waals surface area contributed by atoms with Gasteiger partial charge in [-0.2, -0.15) is 0 Å². The van der Waals surface area contributed by atoms with E-state index in [0.717, 1.165) is 0 Å². The molecule has 0 spiro atoms. The van der Waals surface area contributed by atoms with Crippen LogP contribution in [0.1, 0.15) is 36.5 Å². The van der Waals surface area contributed by atoms with Gasteiger partial charge in [-0.1, -0.05) is 12.1 Å². The summed E-state index contributed by atoms with van der Waals surface area (Å²) in [5.74, 6) is -0.774. The monoisotopic (exact) mass is 277 g/mol. The van der Waals surface area contributed by atoms with E-state index in [4.69, 9.17) is 9.84 Å². The second-order valence-corrected chi connectivity index (χ2v) is 4.95. The molecular formula is C15H19NO4. The van der Waals surface area contributed by atoms with Crippen LogP contribution in [0.25, 0.3) is 0 Å². The number of hydrogen-bond acceptors (Lipinski definition) is 3. The van der Waals surface area contributed by atoms with Crippen LogP contribution in [-0.2, 0) is 4.79 Å². The number of aliphatic carboxylic acids is 1. The Labute approximate surface area is 117 Å². The Hall–Kier alpha value is -2.04. The van der Waals surface area contributed by atoms with Crippen molar-refractivity contribution in [2.75, 3.05) is 6.61 Å². The van der Waals surface area contributed by atoms with Crippen LogP contribution in [0.5, 0.6) is 5.75 Å². The van der Waals surface area contributed by atoms with Gasteiger partial charge >= 0.3 is 5.97 Å². The number of ether oxygens (including phenoxy) is 1. The van der Waals surface area contributed by atoms with Gasteiger partial charge in [0.25, 0.3) is 5.91 Å². The Morgan fingerprint density at radius 1 is 1.35 bits per heavy atom. The highest BCUT2D eigenvalue weighted by Gasteiger charge is 2.31. The number of carboxylic acid groups (broad SMARTS) is 1. The van der Waals surface area contributed by atoms with E-state index in [1.54, 1.807) is 18.2 Å². The largest absolute Gasteiger partial charge is 0.493 e. The molecule has 5 heteroatoms. The topological polar surface area (TPSA) is 75.6 Å². The molecule has 1 fully saturated rings. The zero-order valence-corrected chi connectivity index (χ0v) is 11.5. The Kier molecular flexibility index (Phi) is 4.61. The number of nitrogens with one attached hydrogen (secondary N) is 1. The van der Waals surface area contributed by atoms with E-state index < -0.39 is 5.97 Å². The molecule has 2 atom stereocenters. The van der Waals surface area contributed by atoms with Crippen LogP contribution >= 0.6 is 0 Å². The zero-order chi connectivity index (χ0) is 14.5. The molecular weight excluding hydrogens is 258 g/mol. The van der Waals surface area contributed by atoms with Crippen molar-refractivity contribution < 1.29 is 19.4 Å². The first-order valence-corrected chi connectivity index (χ1v) is 6.87. The number of hydrogen-bond donors (Lipinski definition) is 2. The predicted molar refractivity (Wildman–Crippen MR) is 73.8 cm³/mol. The normalized spacial score (nSPS) is 21.4. The number of benzene rings is 1. The summed E-state index contributed by atoms with van der Waals surface area (Å²) in [6, 6.07) is 7.00. The van der Waals surface area contributed by atoms with Gasteiger partial charge in [0.15, 0.2) is 0 Å². The number of amides is 1. The van der Waals surface area contributed by atoms with E-state index >= 15 is 0 Å². The van der Waals surface area contributed by atoms with Gasteiger partial charge in [-0.05, 0) is 38.3 Å². The van der Waals surface area contributed by atoms with E-state index in [0.29, 0.717) is 37.2 Å². The van der Waals surface area contributed by atoms with Crippen LogP contribution in [0.4, 0.5) is 0 Å². The molecule has 0 heterocycles. The summed E-state index contributed by atoms with van der Waals surface area (Å²) >= 11 is 0. The molecule has 1 amide bonds. The first-order valence-electron chi connectivity index (χ1n) is 6.87. The van der Waals surface area contributed by atoms with Crippen molar-refractivity contribution in [2.45, 2.75) is 32.2 Å². The molecule has 1 aromatic rings. The summed E-state index contributed by atoms with van der Waals surface area (Å²) in [5.41, 5.74) is 0.494. The fourth-order valence-electron chi connectivity index (χ4n) is 2.54.